The maximum absolute atomic E-state index is 12.2. The average molecular weight is 308 g/mol. The van der Waals surface area contributed by atoms with Crippen molar-refractivity contribution in [3.63, 3.8) is 0 Å². The number of benzene rings is 1. The Kier molecular flexibility index (Phi) is 5.10. The number of nitrogens with one attached hydrogen (secondary N) is 2. The van der Waals surface area contributed by atoms with Gasteiger partial charge in [-0.2, -0.15) is 0 Å². The second-order valence-corrected chi connectivity index (χ2v) is 5.87. The van der Waals surface area contributed by atoms with E-state index in [0.717, 1.165) is 18.0 Å². The number of rotatable bonds is 4. The molecule has 1 aromatic carbocycles. The molecule has 0 bridgehead atoms. The van der Waals surface area contributed by atoms with Gasteiger partial charge in [0.1, 0.15) is 31.0 Å². The number of quaternary nitrogens is 1. The molecule has 1 amide bonds. The van der Waals surface area contributed by atoms with Crippen molar-refractivity contribution in [3.8, 4) is 0 Å². The molecule has 1 aromatic rings. The minimum atomic E-state index is -0.478. The van der Waals surface area contributed by atoms with Crippen molar-refractivity contribution in [1.29, 1.82) is 0 Å². The minimum Gasteiger partial charge on any atom is -0.364 e. The van der Waals surface area contributed by atoms with E-state index in [2.05, 4.69) is 5.32 Å². The second-order valence-electron chi connectivity index (χ2n) is 5.87. The molecule has 22 heavy (non-hydrogen) atoms. The highest BCUT2D eigenvalue weighted by molar-refractivity contribution is 5.94. The number of nitro benzene ring substituents is 1. The van der Waals surface area contributed by atoms with E-state index in [0.29, 0.717) is 5.56 Å². The van der Waals surface area contributed by atoms with Gasteiger partial charge in [0.05, 0.1) is 4.92 Å². The van der Waals surface area contributed by atoms with Crippen LogP contribution >= 0.6 is 0 Å². The van der Waals surface area contributed by atoms with Crippen LogP contribution in [0.1, 0.15) is 19.4 Å². The lowest BCUT2D eigenvalue weighted by atomic mass is 10.1. The summed E-state index contributed by atoms with van der Waals surface area (Å²) in [4.78, 5) is 23.9. The first-order valence-corrected chi connectivity index (χ1v) is 7.39. The van der Waals surface area contributed by atoms with Crippen molar-refractivity contribution in [3.05, 3.63) is 33.9 Å². The first-order chi connectivity index (χ1) is 10.4. The summed E-state index contributed by atoms with van der Waals surface area (Å²) in [6.07, 6.45) is 0.221. The van der Waals surface area contributed by atoms with Gasteiger partial charge in [0.15, 0.2) is 6.54 Å². The van der Waals surface area contributed by atoms with E-state index in [-0.39, 0.29) is 36.0 Å². The highest BCUT2D eigenvalue weighted by Gasteiger charge is 2.28. The number of amides is 1. The van der Waals surface area contributed by atoms with Crippen molar-refractivity contribution in [2.24, 2.45) is 0 Å². The summed E-state index contributed by atoms with van der Waals surface area (Å²) >= 11 is 0. The van der Waals surface area contributed by atoms with Gasteiger partial charge < -0.3 is 15.0 Å². The number of morpholine rings is 1. The van der Waals surface area contributed by atoms with Crippen molar-refractivity contribution in [2.45, 2.75) is 33.0 Å². The van der Waals surface area contributed by atoms with Gasteiger partial charge in [0, 0.05) is 6.07 Å². The third kappa shape index (κ3) is 4.02. The Hall–Kier alpha value is -1.99. The summed E-state index contributed by atoms with van der Waals surface area (Å²) in [6.45, 7) is 7.51. The lowest BCUT2D eigenvalue weighted by Crippen LogP contribution is -3.16. The summed E-state index contributed by atoms with van der Waals surface area (Å²) in [5.41, 5.74) is 0.889. The Bertz CT molecular complexity index is 566. The van der Waals surface area contributed by atoms with E-state index < -0.39 is 4.92 Å². The predicted octanol–water partition coefficient (Wildman–Crippen LogP) is 0.534. The topological polar surface area (TPSA) is 85.9 Å². The van der Waals surface area contributed by atoms with E-state index in [1.165, 1.54) is 6.07 Å². The summed E-state index contributed by atoms with van der Waals surface area (Å²) in [5, 5.41) is 13.8. The second kappa shape index (κ2) is 6.85. The average Bonchev–Trinajstić information content (AvgIpc) is 2.39. The van der Waals surface area contributed by atoms with Crippen LogP contribution in [0.2, 0.25) is 0 Å². The summed E-state index contributed by atoms with van der Waals surface area (Å²) < 4.78 is 5.64. The Morgan fingerprint density at radius 3 is 2.64 bits per heavy atom. The van der Waals surface area contributed by atoms with E-state index in [4.69, 9.17) is 4.74 Å². The molecule has 2 N–H and O–H groups in total. The zero-order valence-corrected chi connectivity index (χ0v) is 13.1. The Morgan fingerprint density at radius 1 is 1.41 bits per heavy atom. The van der Waals surface area contributed by atoms with Crippen molar-refractivity contribution < 1.29 is 19.4 Å². The monoisotopic (exact) mass is 308 g/mol. The number of anilines is 1. The Balaban J connectivity index is 2.05. The van der Waals surface area contributed by atoms with E-state index in [1.807, 2.05) is 13.8 Å². The number of nitrogens with zero attached hydrogens (tertiary/aromatic N) is 1. The van der Waals surface area contributed by atoms with Crippen molar-refractivity contribution in [1.82, 2.24) is 0 Å². The molecule has 2 rings (SSSR count). The predicted molar refractivity (Wildman–Crippen MR) is 82.0 cm³/mol. The molecular weight excluding hydrogens is 286 g/mol. The third-order valence-electron chi connectivity index (χ3n) is 3.74. The number of nitro groups is 1. The lowest BCUT2D eigenvalue weighted by Gasteiger charge is -2.31. The smallest absolute Gasteiger partial charge is 0.293 e. The summed E-state index contributed by atoms with van der Waals surface area (Å²) in [7, 11) is 0. The molecule has 3 atom stereocenters. The fraction of sp³-hybridized carbons (Fsp3) is 0.533. The van der Waals surface area contributed by atoms with E-state index in [1.54, 1.807) is 19.1 Å². The summed E-state index contributed by atoms with van der Waals surface area (Å²) in [5.74, 6) is -0.214. The fourth-order valence-corrected chi connectivity index (χ4v) is 2.91. The number of carbonyl (C=O) groups is 1. The molecule has 1 saturated heterocycles. The highest BCUT2D eigenvalue weighted by Crippen LogP contribution is 2.27. The van der Waals surface area contributed by atoms with Gasteiger partial charge in [-0.25, -0.2) is 0 Å². The van der Waals surface area contributed by atoms with Gasteiger partial charge in [0.25, 0.3) is 11.6 Å². The molecule has 0 saturated carbocycles. The Morgan fingerprint density at radius 2 is 2.05 bits per heavy atom. The number of carbonyl (C=O) groups excluding carboxylic acids is 1. The molecule has 0 aliphatic carbocycles. The molecule has 7 nitrogen and oxygen atoms in total. The van der Waals surface area contributed by atoms with Gasteiger partial charge >= 0.3 is 0 Å². The molecule has 1 aliphatic rings. The first-order valence-electron chi connectivity index (χ1n) is 7.39. The molecule has 1 fully saturated rings. The quantitative estimate of drug-likeness (QED) is 0.628. The normalized spacial score (nSPS) is 24.8. The molecule has 120 valence electrons. The molecule has 0 aromatic heterocycles. The number of aryl methyl sites for hydroxylation is 1. The van der Waals surface area contributed by atoms with Crippen LogP contribution in [0.4, 0.5) is 11.4 Å². The van der Waals surface area contributed by atoms with Gasteiger partial charge in [-0.3, -0.25) is 14.9 Å². The van der Waals surface area contributed by atoms with Gasteiger partial charge in [0.2, 0.25) is 0 Å². The van der Waals surface area contributed by atoms with E-state index in [9.17, 15) is 14.9 Å². The van der Waals surface area contributed by atoms with Crippen LogP contribution in [0.15, 0.2) is 18.2 Å². The van der Waals surface area contributed by atoms with Crippen LogP contribution in [0, 0.1) is 17.0 Å². The minimum absolute atomic E-state index is 0.0768. The van der Waals surface area contributed by atoms with Crippen molar-refractivity contribution in [2.75, 3.05) is 25.0 Å². The van der Waals surface area contributed by atoms with Crippen LogP contribution in [0.5, 0.6) is 0 Å². The van der Waals surface area contributed by atoms with Crippen molar-refractivity contribution >= 4 is 17.3 Å². The highest BCUT2D eigenvalue weighted by atomic mass is 16.6. The van der Waals surface area contributed by atoms with Crippen LogP contribution in [-0.2, 0) is 9.53 Å². The Labute approximate surface area is 129 Å². The van der Waals surface area contributed by atoms with Gasteiger partial charge in [-0.1, -0.05) is 12.1 Å². The third-order valence-corrected chi connectivity index (χ3v) is 3.74. The SMILES string of the molecule is Cc1cccc([N+](=O)[O-])c1NC(=O)C[NH+]1C[C@@H](C)O[C@@H](C)C1. The number of hydrogen-bond acceptors (Lipinski definition) is 4. The molecule has 7 heteroatoms. The fourth-order valence-electron chi connectivity index (χ4n) is 2.91. The van der Waals surface area contributed by atoms with Crippen LogP contribution in [0.25, 0.3) is 0 Å². The van der Waals surface area contributed by atoms with Crippen LogP contribution in [-0.4, -0.2) is 42.7 Å². The molecule has 0 spiro atoms. The van der Waals surface area contributed by atoms with Crippen LogP contribution < -0.4 is 10.2 Å². The van der Waals surface area contributed by atoms with Gasteiger partial charge in [-0.15, -0.1) is 0 Å². The maximum Gasteiger partial charge on any atom is 0.293 e. The molecule has 1 unspecified atom stereocenters. The maximum atomic E-state index is 12.2. The standard InChI is InChI=1S/C15H21N3O4/c1-10-5-4-6-13(18(20)21)15(10)16-14(19)9-17-7-11(2)22-12(3)8-17/h4-6,11-12H,7-9H2,1-3H3,(H,16,19)/p+1/t11-,12+. The largest absolute Gasteiger partial charge is 0.364 e. The van der Waals surface area contributed by atoms with Gasteiger partial charge in [-0.05, 0) is 26.3 Å². The zero-order valence-electron chi connectivity index (χ0n) is 13.1. The lowest BCUT2D eigenvalue weighted by molar-refractivity contribution is -0.907. The molecule has 1 heterocycles. The molecule has 0 radical (unpaired) electrons. The molecule has 1 aliphatic heterocycles. The number of ether oxygens (including phenoxy) is 1. The first kappa shape index (κ1) is 16.4. The van der Waals surface area contributed by atoms with E-state index >= 15 is 0 Å². The zero-order chi connectivity index (χ0) is 16.3. The number of hydrogen-bond donors (Lipinski definition) is 2. The molecular formula is C15H22N3O4+. The summed E-state index contributed by atoms with van der Waals surface area (Å²) in [6, 6.07) is 4.75. The number of para-hydroxylation sites is 1. The van der Waals surface area contributed by atoms with Crippen LogP contribution in [0.3, 0.4) is 0 Å².